The molecular weight excluding hydrogens is 434 g/mol. The Bertz CT molecular complexity index is 1310. The molecule has 0 saturated carbocycles. The number of aromatic nitrogens is 4. The molecule has 1 atom stereocenters. The van der Waals surface area contributed by atoms with E-state index in [1.165, 1.54) is 4.80 Å². The first-order valence-electron chi connectivity index (χ1n) is 10.8. The van der Waals surface area contributed by atoms with Gasteiger partial charge in [0, 0.05) is 5.56 Å². The standard InChI is InChI=1S/C25H23N5O4/c1-32-22-13-12-18(14-23(22)33-2)25-26-28-29(27-25)15-24(31)30-19-10-6-7-11-21(19)34-16-20(30)17-8-4-3-5-9-17/h3-14,20H,15-16H2,1-2H3. The minimum Gasteiger partial charge on any atom is -0.493 e. The lowest BCUT2D eigenvalue weighted by Crippen LogP contribution is -2.43. The molecule has 1 unspecified atom stereocenters. The highest BCUT2D eigenvalue weighted by Crippen LogP contribution is 2.39. The zero-order chi connectivity index (χ0) is 23.5. The number of amides is 1. The number of ether oxygens (including phenoxy) is 3. The second-order valence-electron chi connectivity index (χ2n) is 7.68. The van der Waals surface area contributed by atoms with Gasteiger partial charge in [-0.15, -0.1) is 10.2 Å². The van der Waals surface area contributed by atoms with Crippen LogP contribution in [0.25, 0.3) is 11.4 Å². The van der Waals surface area contributed by atoms with Crippen molar-refractivity contribution in [3.63, 3.8) is 0 Å². The third kappa shape index (κ3) is 4.03. The Labute approximate surface area is 196 Å². The molecule has 1 amide bonds. The van der Waals surface area contributed by atoms with Crippen molar-refractivity contribution in [1.29, 1.82) is 0 Å². The Morgan fingerprint density at radius 2 is 1.76 bits per heavy atom. The summed E-state index contributed by atoms with van der Waals surface area (Å²) in [6, 6.07) is 22.4. The van der Waals surface area contributed by atoms with E-state index in [0.717, 1.165) is 5.56 Å². The first-order valence-corrected chi connectivity index (χ1v) is 10.8. The molecule has 3 aromatic carbocycles. The zero-order valence-corrected chi connectivity index (χ0v) is 18.8. The molecule has 1 aliphatic heterocycles. The monoisotopic (exact) mass is 457 g/mol. The summed E-state index contributed by atoms with van der Waals surface area (Å²) < 4.78 is 16.6. The number of rotatable bonds is 6. The lowest BCUT2D eigenvalue weighted by Gasteiger charge is -2.37. The molecule has 4 aromatic rings. The van der Waals surface area contributed by atoms with Crippen LogP contribution < -0.4 is 19.1 Å². The summed E-state index contributed by atoms with van der Waals surface area (Å²) in [4.78, 5) is 16.6. The normalized spacial score (nSPS) is 14.8. The van der Waals surface area contributed by atoms with E-state index in [2.05, 4.69) is 15.4 Å². The van der Waals surface area contributed by atoms with Gasteiger partial charge in [-0.1, -0.05) is 42.5 Å². The molecule has 0 fully saturated rings. The van der Waals surface area contributed by atoms with Crippen LogP contribution in [-0.4, -0.2) is 46.9 Å². The number of methoxy groups -OCH3 is 2. The number of carbonyl (C=O) groups is 1. The lowest BCUT2D eigenvalue weighted by atomic mass is 10.0. The second kappa shape index (κ2) is 9.22. The summed E-state index contributed by atoms with van der Waals surface area (Å²) in [5.74, 6) is 2.05. The summed E-state index contributed by atoms with van der Waals surface area (Å²) in [5.41, 5.74) is 2.41. The second-order valence-corrected chi connectivity index (χ2v) is 7.68. The van der Waals surface area contributed by atoms with Crippen LogP contribution in [0.3, 0.4) is 0 Å². The van der Waals surface area contributed by atoms with E-state index in [0.29, 0.717) is 40.9 Å². The van der Waals surface area contributed by atoms with E-state index in [9.17, 15) is 4.79 Å². The minimum absolute atomic E-state index is 0.0715. The van der Waals surface area contributed by atoms with Gasteiger partial charge in [-0.3, -0.25) is 9.69 Å². The van der Waals surface area contributed by atoms with Gasteiger partial charge in [-0.05, 0) is 41.1 Å². The molecule has 0 radical (unpaired) electrons. The number of nitrogens with zero attached hydrogens (tertiary/aromatic N) is 5. The Kier molecular flexibility index (Phi) is 5.82. The summed E-state index contributed by atoms with van der Waals surface area (Å²) in [6.45, 7) is 0.284. The molecule has 9 nitrogen and oxygen atoms in total. The molecule has 0 bridgehead atoms. The van der Waals surface area contributed by atoms with E-state index in [-0.39, 0.29) is 18.5 Å². The molecule has 0 N–H and O–H groups in total. The quantitative estimate of drug-likeness (QED) is 0.437. The van der Waals surface area contributed by atoms with Crippen LogP contribution in [0.1, 0.15) is 11.6 Å². The lowest BCUT2D eigenvalue weighted by molar-refractivity contribution is -0.120. The Morgan fingerprint density at radius 1 is 1.00 bits per heavy atom. The first kappa shape index (κ1) is 21.4. The van der Waals surface area contributed by atoms with Crippen LogP contribution in [0.2, 0.25) is 0 Å². The van der Waals surface area contributed by atoms with Gasteiger partial charge >= 0.3 is 0 Å². The fourth-order valence-electron chi connectivity index (χ4n) is 4.02. The summed E-state index contributed by atoms with van der Waals surface area (Å²) in [7, 11) is 3.14. The van der Waals surface area contributed by atoms with Gasteiger partial charge in [0.05, 0.1) is 25.9 Å². The molecule has 2 heterocycles. The number of benzene rings is 3. The van der Waals surface area contributed by atoms with Crippen molar-refractivity contribution < 1.29 is 19.0 Å². The van der Waals surface area contributed by atoms with E-state index >= 15 is 0 Å². The molecule has 1 aromatic heterocycles. The predicted octanol–water partition coefficient (Wildman–Crippen LogP) is 3.52. The number of fused-ring (bicyclic) bond motifs is 1. The number of para-hydroxylation sites is 2. The van der Waals surface area contributed by atoms with Gasteiger partial charge in [0.25, 0.3) is 5.91 Å². The van der Waals surface area contributed by atoms with Gasteiger partial charge in [0.1, 0.15) is 18.9 Å². The average Bonchev–Trinajstić information content (AvgIpc) is 3.36. The maximum absolute atomic E-state index is 13.5. The van der Waals surface area contributed by atoms with Crippen molar-refractivity contribution in [1.82, 2.24) is 20.2 Å². The van der Waals surface area contributed by atoms with Gasteiger partial charge in [-0.25, -0.2) is 0 Å². The highest BCUT2D eigenvalue weighted by atomic mass is 16.5. The maximum Gasteiger partial charge on any atom is 0.251 e. The summed E-state index contributed by atoms with van der Waals surface area (Å²) in [6.07, 6.45) is 0. The summed E-state index contributed by atoms with van der Waals surface area (Å²) >= 11 is 0. The van der Waals surface area contributed by atoms with E-state index in [4.69, 9.17) is 14.2 Å². The highest BCUT2D eigenvalue weighted by Gasteiger charge is 2.33. The minimum atomic E-state index is -0.266. The van der Waals surface area contributed by atoms with Crippen molar-refractivity contribution in [2.45, 2.75) is 12.6 Å². The predicted molar refractivity (Wildman–Crippen MR) is 125 cm³/mol. The molecular formula is C25H23N5O4. The van der Waals surface area contributed by atoms with Crippen LogP contribution in [0.5, 0.6) is 17.2 Å². The number of hydrogen-bond donors (Lipinski definition) is 0. The largest absolute Gasteiger partial charge is 0.493 e. The number of carbonyl (C=O) groups excluding carboxylic acids is 1. The van der Waals surface area contributed by atoms with Crippen LogP contribution in [0.4, 0.5) is 5.69 Å². The fraction of sp³-hybridized carbons (Fsp3) is 0.200. The van der Waals surface area contributed by atoms with Gasteiger partial charge in [0.15, 0.2) is 11.5 Å². The molecule has 9 heteroatoms. The van der Waals surface area contributed by atoms with E-state index in [1.54, 1.807) is 31.3 Å². The number of hydrogen-bond acceptors (Lipinski definition) is 7. The third-order valence-electron chi connectivity index (χ3n) is 5.66. The smallest absolute Gasteiger partial charge is 0.251 e. The molecule has 0 aliphatic carbocycles. The highest BCUT2D eigenvalue weighted by molar-refractivity contribution is 5.96. The first-order chi connectivity index (χ1) is 16.7. The SMILES string of the molecule is COc1ccc(-c2nnn(CC(=O)N3c4ccccc4OCC3c3ccccc3)n2)cc1OC. The zero-order valence-electron chi connectivity index (χ0n) is 18.8. The van der Waals surface area contributed by atoms with Crippen LogP contribution in [-0.2, 0) is 11.3 Å². The molecule has 0 spiro atoms. The Balaban J connectivity index is 1.42. The average molecular weight is 457 g/mol. The number of tetrazole rings is 1. The molecule has 1 aliphatic rings. The van der Waals surface area contributed by atoms with Gasteiger partial charge in [-0.2, -0.15) is 4.80 Å². The van der Waals surface area contributed by atoms with Crippen LogP contribution in [0.15, 0.2) is 72.8 Å². The van der Waals surface area contributed by atoms with Gasteiger partial charge < -0.3 is 14.2 Å². The molecule has 172 valence electrons. The Hall–Kier alpha value is -4.40. The van der Waals surface area contributed by atoms with Crippen molar-refractivity contribution in [2.75, 3.05) is 25.7 Å². The van der Waals surface area contributed by atoms with Gasteiger partial charge in [0.2, 0.25) is 5.82 Å². The summed E-state index contributed by atoms with van der Waals surface area (Å²) in [5, 5.41) is 12.7. The van der Waals surface area contributed by atoms with Crippen molar-refractivity contribution in [3.05, 3.63) is 78.4 Å². The molecule has 34 heavy (non-hydrogen) atoms. The fourth-order valence-corrected chi connectivity index (χ4v) is 4.02. The topological polar surface area (TPSA) is 91.6 Å². The maximum atomic E-state index is 13.5. The number of anilines is 1. The molecule has 0 saturated heterocycles. The van der Waals surface area contributed by atoms with Crippen molar-refractivity contribution in [2.24, 2.45) is 0 Å². The van der Waals surface area contributed by atoms with Crippen LogP contribution in [0, 0.1) is 0 Å². The van der Waals surface area contributed by atoms with E-state index in [1.807, 2.05) is 60.7 Å². The molecule has 5 rings (SSSR count). The van der Waals surface area contributed by atoms with Crippen molar-refractivity contribution >= 4 is 11.6 Å². The van der Waals surface area contributed by atoms with E-state index < -0.39 is 0 Å². The third-order valence-corrected chi connectivity index (χ3v) is 5.66. The van der Waals surface area contributed by atoms with Crippen LogP contribution >= 0.6 is 0 Å². The van der Waals surface area contributed by atoms with Crippen molar-refractivity contribution in [3.8, 4) is 28.6 Å². The Morgan fingerprint density at radius 3 is 2.56 bits per heavy atom.